The van der Waals surface area contributed by atoms with E-state index in [1.165, 1.54) is 6.07 Å². The molecule has 3 aromatic rings. The van der Waals surface area contributed by atoms with Crippen LogP contribution in [0.1, 0.15) is 41.3 Å². The number of benzene rings is 3. The second kappa shape index (κ2) is 10.7. The van der Waals surface area contributed by atoms with E-state index in [1.54, 1.807) is 13.8 Å². The van der Waals surface area contributed by atoms with Gasteiger partial charge in [0.05, 0.1) is 0 Å². The van der Waals surface area contributed by atoms with E-state index in [-0.39, 0.29) is 11.8 Å². The third-order valence-electron chi connectivity index (χ3n) is 5.31. The summed E-state index contributed by atoms with van der Waals surface area (Å²) in [5, 5.41) is 5.39. The zero-order valence-corrected chi connectivity index (χ0v) is 18.0. The molecule has 0 aliphatic rings. The number of amides is 2. The van der Waals surface area contributed by atoms with Crippen LogP contribution in [0.3, 0.4) is 0 Å². The van der Waals surface area contributed by atoms with Gasteiger partial charge in [-0.1, -0.05) is 80.6 Å². The van der Waals surface area contributed by atoms with Gasteiger partial charge >= 0.3 is 0 Å². The van der Waals surface area contributed by atoms with Crippen LogP contribution in [0.4, 0.5) is 8.78 Å². The van der Waals surface area contributed by atoms with Crippen LogP contribution < -0.4 is 10.6 Å². The summed E-state index contributed by atoms with van der Waals surface area (Å²) in [6.07, 6.45) is 0. The molecule has 0 saturated carbocycles. The van der Waals surface area contributed by atoms with E-state index in [0.717, 1.165) is 23.3 Å². The normalized spacial score (nSPS) is 11.9. The number of hydrogen-bond donors (Lipinski definition) is 2. The Balaban J connectivity index is 1.75. The molecule has 2 amide bonds. The number of carbonyl (C=O) groups is 2. The van der Waals surface area contributed by atoms with Gasteiger partial charge in [-0.05, 0) is 29.2 Å². The van der Waals surface area contributed by atoms with Crippen LogP contribution in [-0.4, -0.2) is 24.4 Å². The summed E-state index contributed by atoms with van der Waals surface area (Å²) in [4.78, 5) is 25.5. The molecular weight excluding hydrogens is 410 g/mol. The second-order valence-electron chi connectivity index (χ2n) is 7.91. The van der Waals surface area contributed by atoms with Gasteiger partial charge in [-0.2, -0.15) is 0 Å². The summed E-state index contributed by atoms with van der Waals surface area (Å²) in [7, 11) is 0. The van der Waals surface area contributed by atoms with Crippen LogP contribution in [0, 0.1) is 17.6 Å². The van der Waals surface area contributed by atoms with Crippen LogP contribution in [0.25, 0.3) is 0 Å². The van der Waals surface area contributed by atoms with E-state index in [2.05, 4.69) is 10.6 Å². The molecule has 32 heavy (non-hydrogen) atoms. The van der Waals surface area contributed by atoms with Crippen molar-refractivity contribution in [3.8, 4) is 0 Å². The van der Waals surface area contributed by atoms with Crippen molar-refractivity contribution in [2.24, 2.45) is 5.92 Å². The Morgan fingerprint density at radius 1 is 0.781 bits per heavy atom. The molecule has 0 aliphatic carbocycles. The highest BCUT2D eigenvalue weighted by atomic mass is 19.1. The van der Waals surface area contributed by atoms with E-state index >= 15 is 0 Å². The second-order valence-corrected chi connectivity index (χ2v) is 7.91. The minimum atomic E-state index is -0.973. The standard InChI is InChI=1S/C26H26F2N2O2/c1-17(2)24(30-25(31)23-21(27)14-9-15-22(23)28)26(32)29-16-20(18-10-5-3-6-11-18)19-12-7-4-8-13-19/h3-15,17,20,24H,16H2,1-2H3,(H,29,32)(H,30,31). The van der Waals surface area contributed by atoms with Crippen molar-refractivity contribution in [3.05, 3.63) is 107 Å². The van der Waals surface area contributed by atoms with Crippen LogP contribution in [0.15, 0.2) is 78.9 Å². The zero-order valence-electron chi connectivity index (χ0n) is 18.0. The summed E-state index contributed by atoms with van der Waals surface area (Å²) in [5.74, 6) is -3.70. The summed E-state index contributed by atoms with van der Waals surface area (Å²) >= 11 is 0. The fraction of sp³-hybridized carbons (Fsp3) is 0.231. The Hall–Kier alpha value is -3.54. The van der Waals surface area contributed by atoms with Crippen LogP contribution in [-0.2, 0) is 4.79 Å². The highest BCUT2D eigenvalue weighted by molar-refractivity contribution is 5.98. The summed E-state index contributed by atoms with van der Waals surface area (Å²) < 4.78 is 28.0. The Labute approximate surface area is 186 Å². The first kappa shape index (κ1) is 23.1. The molecule has 0 spiro atoms. The maximum Gasteiger partial charge on any atom is 0.257 e. The Morgan fingerprint density at radius 2 is 1.28 bits per heavy atom. The predicted octanol–water partition coefficient (Wildman–Crippen LogP) is 4.67. The molecule has 1 unspecified atom stereocenters. The lowest BCUT2D eigenvalue weighted by molar-refractivity contribution is -0.123. The minimum absolute atomic E-state index is 0.0890. The topological polar surface area (TPSA) is 58.2 Å². The Morgan fingerprint density at radius 3 is 1.75 bits per heavy atom. The Kier molecular flexibility index (Phi) is 7.71. The van der Waals surface area contributed by atoms with E-state index in [0.29, 0.717) is 6.54 Å². The number of rotatable bonds is 8. The predicted molar refractivity (Wildman–Crippen MR) is 120 cm³/mol. The molecule has 0 radical (unpaired) electrons. The quantitative estimate of drug-likeness (QED) is 0.539. The van der Waals surface area contributed by atoms with Gasteiger partial charge in [0, 0.05) is 12.5 Å². The molecule has 0 bridgehead atoms. The first-order valence-electron chi connectivity index (χ1n) is 10.5. The lowest BCUT2D eigenvalue weighted by atomic mass is 9.91. The summed E-state index contributed by atoms with van der Waals surface area (Å²) in [6, 6.07) is 21.8. The minimum Gasteiger partial charge on any atom is -0.353 e. The largest absolute Gasteiger partial charge is 0.353 e. The van der Waals surface area contributed by atoms with E-state index < -0.39 is 35.1 Å². The number of halogens is 2. The molecule has 0 heterocycles. The average molecular weight is 437 g/mol. The van der Waals surface area contributed by atoms with Gasteiger partial charge in [-0.3, -0.25) is 9.59 Å². The lowest BCUT2D eigenvalue weighted by Gasteiger charge is -2.24. The highest BCUT2D eigenvalue weighted by Crippen LogP contribution is 2.24. The van der Waals surface area contributed by atoms with Gasteiger partial charge < -0.3 is 10.6 Å². The maximum atomic E-state index is 14.0. The number of nitrogens with one attached hydrogen (secondary N) is 2. The van der Waals surface area contributed by atoms with E-state index in [4.69, 9.17) is 0 Å². The van der Waals surface area contributed by atoms with Crippen molar-refractivity contribution >= 4 is 11.8 Å². The van der Waals surface area contributed by atoms with Crippen molar-refractivity contribution in [1.82, 2.24) is 10.6 Å². The molecule has 1 atom stereocenters. The van der Waals surface area contributed by atoms with Crippen LogP contribution in [0.5, 0.6) is 0 Å². The fourth-order valence-corrected chi connectivity index (χ4v) is 3.57. The first-order valence-corrected chi connectivity index (χ1v) is 10.5. The highest BCUT2D eigenvalue weighted by Gasteiger charge is 2.28. The molecule has 0 aromatic heterocycles. The molecule has 4 nitrogen and oxygen atoms in total. The van der Waals surface area contributed by atoms with Crippen LogP contribution in [0.2, 0.25) is 0 Å². The molecule has 6 heteroatoms. The first-order chi connectivity index (χ1) is 15.4. The van der Waals surface area contributed by atoms with E-state index in [9.17, 15) is 18.4 Å². The molecule has 0 fully saturated rings. The SMILES string of the molecule is CC(C)C(NC(=O)c1c(F)cccc1F)C(=O)NCC(c1ccccc1)c1ccccc1. The van der Waals surface area contributed by atoms with Crippen LogP contribution >= 0.6 is 0 Å². The molecular formula is C26H26F2N2O2. The zero-order chi connectivity index (χ0) is 23.1. The van der Waals surface area contributed by atoms with Gasteiger partial charge in [-0.25, -0.2) is 8.78 Å². The number of hydrogen-bond acceptors (Lipinski definition) is 2. The monoisotopic (exact) mass is 436 g/mol. The molecule has 3 rings (SSSR count). The molecule has 166 valence electrons. The molecule has 2 N–H and O–H groups in total. The smallest absolute Gasteiger partial charge is 0.257 e. The lowest BCUT2D eigenvalue weighted by Crippen LogP contribution is -2.50. The molecule has 3 aromatic carbocycles. The average Bonchev–Trinajstić information content (AvgIpc) is 2.78. The van der Waals surface area contributed by atoms with Gasteiger partial charge in [0.15, 0.2) is 0 Å². The molecule has 0 saturated heterocycles. The Bertz CT molecular complexity index is 996. The van der Waals surface area contributed by atoms with Gasteiger partial charge in [0.1, 0.15) is 23.2 Å². The van der Waals surface area contributed by atoms with Crippen molar-refractivity contribution < 1.29 is 18.4 Å². The summed E-state index contributed by atoms with van der Waals surface area (Å²) in [6.45, 7) is 3.82. The summed E-state index contributed by atoms with van der Waals surface area (Å²) in [5.41, 5.74) is 1.38. The van der Waals surface area contributed by atoms with Gasteiger partial charge in [0.2, 0.25) is 5.91 Å². The third kappa shape index (κ3) is 5.58. The third-order valence-corrected chi connectivity index (χ3v) is 5.31. The maximum absolute atomic E-state index is 14.0. The van der Waals surface area contributed by atoms with Gasteiger partial charge in [-0.15, -0.1) is 0 Å². The number of carbonyl (C=O) groups excluding carboxylic acids is 2. The van der Waals surface area contributed by atoms with Crippen molar-refractivity contribution in [3.63, 3.8) is 0 Å². The molecule has 0 aliphatic heterocycles. The van der Waals surface area contributed by atoms with Gasteiger partial charge in [0.25, 0.3) is 5.91 Å². The fourth-order valence-electron chi connectivity index (χ4n) is 3.57. The van der Waals surface area contributed by atoms with Crippen molar-refractivity contribution in [1.29, 1.82) is 0 Å². The van der Waals surface area contributed by atoms with E-state index in [1.807, 2.05) is 60.7 Å². The van der Waals surface area contributed by atoms with Crippen molar-refractivity contribution in [2.45, 2.75) is 25.8 Å². The van der Waals surface area contributed by atoms with Crippen molar-refractivity contribution in [2.75, 3.05) is 6.54 Å².